The van der Waals surface area contributed by atoms with Crippen LogP contribution >= 0.6 is 0 Å². The van der Waals surface area contributed by atoms with Crippen molar-refractivity contribution in [2.24, 2.45) is 0 Å². The maximum absolute atomic E-state index is 10.6. The van der Waals surface area contributed by atoms with Crippen LogP contribution in [0.2, 0.25) is 0 Å². The van der Waals surface area contributed by atoms with Gasteiger partial charge >= 0.3 is 5.97 Å². The molecule has 0 radical (unpaired) electrons. The SMILES string of the molecule is O.O.O=C(O)c1ccc2cccc(O)c2n1. The lowest BCUT2D eigenvalue weighted by molar-refractivity contribution is 0.0691. The van der Waals surface area contributed by atoms with E-state index in [0.29, 0.717) is 5.52 Å². The molecule has 86 valence electrons. The molecule has 0 aliphatic carbocycles. The Bertz CT molecular complexity index is 512. The first-order valence-electron chi connectivity index (χ1n) is 4.00. The molecule has 2 aromatic rings. The predicted molar refractivity (Wildman–Crippen MR) is 57.6 cm³/mol. The zero-order valence-electron chi connectivity index (χ0n) is 8.14. The molecule has 0 spiro atoms. The van der Waals surface area contributed by atoms with Crippen LogP contribution in [0.4, 0.5) is 0 Å². The molecule has 0 saturated carbocycles. The Hall–Kier alpha value is -2.18. The fourth-order valence-corrected chi connectivity index (χ4v) is 1.25. The summed E-state index contributed by atoms with van der Waals surface area (Å²) >= 11 is 0. The van der Waals surface area contributed by atoms with Crippen molar-refractivity contribution < 1.29 is 26.0 Å². The van der Waals surface area contributed by atoms with Gasteiger partial charge in [0.15, 0.2) is 0 Å². The second-order valence-corrected chi connectivity index (χ2v) is 2.85. The van der Waals surface area contributed by atoms with Gasteiger partial charge in [-0.3, -0.25) is 0 Å². The van der Waals surface area contributed by atoms with Crippen LogP contribution in [0.3, 0.4) is 0 Å². The number of aromatic hydroxyl groups is 1. The van der Waals surface area contributed by atoms with E-state index in [-0.39, 0.29) is 22.4 Å². The Morgan fingerprint density at radius 1 is 1.12 bits per heavy atom. The third-order valence-electron chi connectivity index (χ3n) is 1.92. The number of aromatic nitrogens is 1. The quantitative estimate of drug-likeness (QED) is 0.705. The average Bonchev–Trinajstić information content (AvgIpc) is 2.18. The Kier molecular flexibility index (Phi) is 4.37. The summed E-state index contributed by atoms with van der Waals surface area (Å²) in [6.45, 7) is 0. The van der Waals surface area contributed by atoms with Crippen LogP contribution < -0.4 is 0 Å². The molecule has 0 bridgehead atoms. The number of phenolic OH excluding ortho intramolecular Hbond substituents is 1. The van der Waals surface area contributed by atoms with Crippen molar-refractivity contribution in [2.75, 3.05) is 0 Å². The third-order valence-corrected chi connectivity index (χ3v) is 1.92. The van der Waals surface area contributed by atoms with Crippen molar-refractivity contribution in [2.45, 2.75) is 0 Å². The number of hydrogen-bond acceptors (Lipinski definition) is 3. The van der Waals surface area contributed by atoms with Crippen LogP contribution in [0.1, 0.15) is 10.5 Å². The minimum atomic E-state index is -1.10. The molecule has 2 rings (SSSR count). The number of phenols is 1. The fourth-order valence-electron chi connectivity index (χ4n) is 1.25. The summed E-state index contributed by atoms with van der Waals surface area (Å²) in [4.78, 5) is 14.4. The van der Waals surface area contributed by atoms with Gasteiger partial charge < -0.3 is 21.2 Å². The van der Waals surface area contributed by atoms with Gasteiger partial charge in [-0.1, -0.05) is 18.2 Å². The van der Waals surface area contributed by atoms with Crippen molar-refractivity contribution in [1.29, 1.82) is 0 Å². The summed E-state index contributed by atoms with van der Waals surface area (Å²) in [5, 5.41) is 18.8. The minimum absolute atomic E-state index is 0. The standard InChI is InChI=1S/C10H7NO3.2H2O/c12-8-3-1-2-6-4-5-7(10(13)14)11-9(6)8;;/h1-5,12H,(H,13,14);2*1H2. The Balaban J connectivity index is 0.00000112. The summed E-state index contributed by atoms with van der Waals surface area (Å²) in [7, 11) is 0. The third kappa shape index (κ3) is 2.25. The van der Waals surface area contributed by atoms with Crippen LogP contribution in [0, 0.1) is 0 Å². The molecule has 0 aliphatic heterocycles. The van der Waals surface area contributed by atoms with E-state index in [1.807, 2.05) is 0 Å². The van der Waals surface area contributed by atoms with Crippen molar-refractivity contribution in [3.8, 4) is 5.75 Å². The van der Waals surface area contributed by atoms with E-state index in [2.05, 4.69) is 4.98 Å². The number of carbonyl (C=O) groups is 1. The summed E-state index contributed by atoms with van der Waals surface area (Å²) in [6.07, 6.45) is 0. The van der Waals surface area contributed by atoms with Crippen molar-refractivity contribution in [1.82, 2.24) is 4.98 Å². The van der Waals surface area contributed by atoms with E-state index < -0.39 is 5.97 Å². The number of nitrogens with zero attached hydrogens (tertiary/aromatic N) is 1. The lowest BCUT2D eigenvalue weighted by Crippen LogP contribution is -1.99. The molecule has 0 aliphatic rings. The van der Waals surface area contributed by atoms with E-state index in [9.17, 15) is 9.90 Å². The summed E-state index contributed by atoms with van der Waals surface area (Å²) < 4.78 is 0. The van der Waals surface area contributed by atoms with E-state index in [4.69, 9.17) is 5.11 Å². The number of benzene rings is 1. The largest absolute Gasteiger partial charge is 0.506 e. The van der Waals surface area contributed by atoms with Crippen LogP contribution in [-0.4, -0.2) is 32.1 Å². The smallest absolute Gasteiger partial charge is 0.354 e. The van der Waals surface area contributed by atoms with Gasteiger partial charge in [0.2, 0.25) is 0 Å². The number of fused-ring (bicyclic) bond motifs is 1. The second-order valence-electron chi connectivity index (χ2n) is 2.85. The monoisotopic (exact) mass is 225 g/mol. The molecule has 6 heteroatoms. The Morgan fingerprint density at radius 3 is 2.44 bits per heavy atom. The Labute approximate surface area is 90.4 Å². The van der Waals surface area contributed by atoms with E-state index in [1.165, 1.54) is 12.1 Å². The molecular formula is C10H11NO5. The number of carboxylic acids is 1. The lowest BCUT2D eigenvalue weighted by atomic mass is 10.2. The normalized spacial score (nSPS) is 9.00. The molecule has 6 nitrogen and oxygen atoms in total. The number of aromatic carboxylic acids is 1. The highest BCUT2D eigenvalue weighted by Crippen LogP contribution is 2.22. The van der Waals surface area contributed by atoms with Gasteiger partial charge in [-0.25, -0.2) is 9.78 Å². The Morgan fingerprint density at radius 2 is 1.81 bits per heavy atom. The number of pyridine rings is 1. The molecule has 1 heterocycles. The van der Waals surface area contributed by atoms with Crippen LogP contribution in [0.15, 0.2) is 30.3 Å². The molecule has 16 heavy (non-hydrogen) atoms. The summed E-state index contributed by atoms with van der Waals surface area (Å²) in [5.74, 6) is -1.11. The zero-order chi connectivity index (χ0) is 10.1. The second kappa shape index (κ2) is 5.06. The van der Waals surface area contributed by atoms with E-state index in [0.717, 1.165) is 5.39 Å². The van der Waals surface area contributed by atoms with Crippen molar-refractivity contribution in [3.63, 3.8) is 0 Å². The lowest BCUT2D eigenvalue weighted by Gasteiger charge is -2.00. The molecule has 0 amide bonds. The van der Waals surface area contributed by atoms with Gasteiger partial charge in [0.25, 0.3) is 0 Å². The van der Waals surface area contributed by atoms with Crippen molar-refractivity contribution >= 4 is 16.9 Å². The molecule has 0 fully saturated rings. The van der Waals surface area contributed by atoms with E-state index in [1.54, 1.807) is 18.2 Å². The number of hydrogen-bond donors (Lipinski definition) is 2. The molecule has 1 aromatic carbocycles. The highest BCUT2D eigenvalue weighted by molar-refractivity contribution is 5.91. The maximum atomic E-state index is 10.6. The number of carboxylic acid groups (broad SMARTS) is 1. The van der Waals surface area contributed by atoms with Crippen LogP contribution in [0.25, 0.3) is 10.9 Å². The topological polar surface area (TPSA) is 133 Å². The molecule has 1 aromatic heterocycles. The van der Waals surface area contributed by atoms with Gasteiger partial charge in [-0.05, 0) is 12.1 Å². The van der Waals surface area contributed by atoms with Gasteiger partial charge in [0, 0.05) is 5.39 Å². The molecule has 0 unspecified atom stereocenters. The van der Waals surface area contributed by atoms with Crippen LogP contribution in [-0.2, 0) is 0 Å². The van der Waals surface area contributed by atoms with Gasteiger partial charge in [0.05, 0.1) is 0 Å². The van der Waals surface area contributed by atoms with Crippen molar-refractivity contribution in [3.05, 3.63) is 36.0 Å². The summed E-state index contributed by atoms with van der Waals surface area (Å²) in [5.41, 5.74) is 0.242. The first kappa shape index (κ1) is 13.8. The summed E-state index contributed by atoms with van der Waals surface area (Å²) in [6, 6.07) is 7.93. The van der Waals surface area contributed by atoms with Gasteiger partial charge in [-0.15, -0.1) is 0 Å². The fraction of sp³-hybridized carbons (Fsp3) is 0. The van der Waals surface area contributed by atoms with E-state index >= 15 is 0 Å². The average molecular weight is 225 g/mol. The maximum Gasteiger partial charge on any atom is 0.354 e. The minimum Gasteiger partial charge on any atom is -0.506 e. The first-order chi connectivity index (χ1) is 6.68. The van der Waals surface area contributed by atoms with Crippen LogP contribution in [0.5, 0.6) is 5.75 Å². The van der Waals surface area contributed by atoms with Gasteiger partial charge in [0.1, 0.15) is 17.0 Å². The highest BCUT2D eigenvalue weighted by Gasteiger charge is 2.07. The predicted octanol–water partition coefficient (Wildman–Crippen LogP) is -0.0108. The highest BCUT2D eigenvalue weighted by atomic mass is 16.4. The first-order valence-corrected chi connectivity index (χ1v) is 4.00. The zero-order valence-corrected chi connectivity index (χ0v) is 8.14. The van der Waals surface area contributed by atoms with Gasteiger partial charge in [-0.2, -0.15) is 0 Å². The molecule has 0 saturated heterocycles. The number of para-hydroxylation sites is 1. The molecule has 6 N–H and O–H groups in total. The molecule has 0 atom stereocenters. The molecular weight excluding hydrogens is 214 g/mol. The number of rotatable bonds is 1.